The Morgan fingerprint density at radius 2 is 1.92 bits per heavy atom. The van der Waals surface area contributed by atoms with Crippen LogP contribution in [0.4, 0.5) is 0 Å². The lowest BCUT2D eigenvalue weighted by Crippen LogP contribution is -2.52. The summed E-state index contributed by atoms with van der Waals surface area (Å²) in [6, 6.07) is 0. The molecule has 0 amide bonds. The van der Waals surface area contributed by atoms with Crippen LogP contribution in [0.15, 0.2) is 0 Å². The van der Waals surface area contributed by atoms with Gasteiger partial charge in [-0.05, 0) is 13.8 Å². The molecule has 6 heteroatoms. The van der Waals surface area contributed by atoms with Gasteiger partial charge in [-0.3, -0.25) is 0 Å². The fourth-order valence-corrected chi connectivity index (χ4v) is 1.59. The predicted octanol–water partition coefficient (Wildman–Crippen LogP) is -0.880. The zero-order valence-corrected chi connectivity index (χ0v) is 8.77. The van der Waals surface area contributed by atoms with Gasteiger partial charge in [-0.2, -0.15) is 12.7 Å². The van der Waals surface area contributed by atoms with E-state index in [1.165, 1.54) is 18.4 Å². The van der Waals surface area contributed by atoms with Crippen LogP contribution in [-0.4, -0.2) is 38.9 Å². The first-order chi connectivity index (χ1) is 5.28. The minimum atomic E-state index is -3.36. The molecule has 0 bridgehead atoms. The van der Waals surface area contributed by atoms with Gasteiger partial charge in [-0.1, -0.05) is 0 Å². The second-order valence-corrected chi connectivity index (χ2v) is 5.10. The molecular formula is C6H17N3O2S. The Morgan fingerprint density at radius 1 is 1.50 bits per heavy atom. The average molecular weight is 195 g/mol. The van der Waals surface area contributed by atoms with Gasteiger partial charge in [0.15, 0.2) is 0 Å². The summed E-state index contributed by atoms with van der Waals surface area (Å²) in [6.45, 7) is 3.81. The van der Waals surface area contributed by atoms with E-state index >= 15 is 0 Å². The molecule has 0 spiro atoms. The molecule has 0 heterocycles. The van der Waals surface area contributed by atoms with E-state index in [1.54, 1.807) is 13.8 Å². The number of hydrogen-bond donors (Lipinski definition) is 2. The predicted molar refractivity (Wildman–Crippen MR) is 48.9 cm³/mol. The minimum Gasteiger partial charge on any atom is -0.329 e. The zero-order chi connectivity index (χ0) is 9.99. The van der Waals surface area contributed by atoms with Crippen molar-refractivity contribution in [1.29, 1.82) is 0 Å². The molecule has 0 aromatic carbocycles. The summed E-state index contributed by atoms with van der Waals surface area (Å²) < 4.78 is 26.0. The molecule has 0 atom stereocenters. The van der Waals surface area contributed by atoms with Gasteiger partial charge in [0.25, 0.3) is 10.2 Å². The van der Waals surface area contributed by atoms with Crippen LogP contribution in [-0.2, 0) is 10.2 Å². The van der Waals surface area contributed by atoms with Gasteiger partial charge in [0.05, 0.1) is 0 Å². The van der Waals surface area contributed by atoms with Crippen LogP contribution in [0.1, 0.15) is 13.8 Å². The molecule has 0 aliphatic heterocycles. The molecule has 0 radical (unpaired) electrons. The molecular weight excluding hydrogens is 178 g/mol. The van der Waals surface area contributed by atoms with E-state index < -0.39 is 15.7 Å². The molecule has 0 aromatic heterocycles. The van der Waals surface area contributed by atoms with Crippen molar-refractivity contribution < 1.29 is 8.42 Å². The lowest BCUT2D eigenvalue weighted by molar-refractivity contribution is 0.271. The van der Waals surface area contributed by atoms with Crippen LogP contribution in [0, 0.1) is 0 Å². The molecule has 0 fully saturated rings. The number of nitrogens with one attached hydrogen (secondary N) is 1. The van der Waals surface area contributed by atoms with Crippen molar-refractivity contribution in [2.45, 2.75) is 19.4 Å². The van der Waals surface area contributed by atoms with Gasteiger partial charge in [-0.25, -0.2) is 4.72 Å². The van der Waals surface area contributed by atoms with E-state index in [0.29, 0.717) is 0 Å². The molecule has 5 nitrogen and oxygen atoms in total. The molecule has 12 heavy (non-hydrogen) atoms. The van der Waals surface area contributed by atoms with Crippen LogP contribution < -0.4 is 10.5 Å². The van der Waals surface area contributed by atoms with E-state index in [0.717, 1.165) is 0 Å². The Morgan fingerprint density at radius 3 is 2.17 bits per heavy atom. The van der Waals surface area contributed by atoms with Gasteiger partial charge in [0.1, 0.15) is 0 Å². The summed E-state index contributed by atoms with van der Waals surface area (Å²) >= 11 is 0. The zero-order valence-electron chi connectivity index (χ0n) is 7.96. The van der Waals surface area contributed by atoms with Crippen molar-refractivity contribution >= 4 is 10.2 Å². The maximum Gasteiger partial charge on any atom is 0.279 e. The van der Waals surface area contributed by atoms with Crippen LogP contribution in [0.3, 0.4) is 0 Å². The third-order valence-corrected chi connectivity index (χ3v) is 3.70. The van der Waals surface area contributed by atoms with E-state index in [1.807, 2.05) is 0 Å². The highest BCUT2D eigenvalue weighted by Crippen LogP contribution is 2.12. The van der Waals surface area contributed by atoms with Crippen molar-refractivity contribution in [3.05, 3.63) is 0 Å². The quantitative estimate of drug-likeness (QED) is 0.611. The van der Waals surface area contributed by atoms with Gasteiger partial charge < -0.3 is 5.73 Å². The Balaban J connectivity index is 4.72. The number of nitrogens with zero attached hydrogens (tertiary/aromatic N) is 1. The molecule has 0 unspecified atom stereocenters. The Kier molecular flexibility index (Phi) is 3.64. The topological polar surface area (TPSA) is 75.4 Å². The Hall–Kier alpha value is -0.170. The molecule has 0 aromatic rings. The summed E-state index contributed by atoms with van der Waals surface area (Å²) in [5.41, 5.74) is 4.87. The van der Waals surface area contributed by atoms with Gasteiger partial charge in [0.2, 0.25) is 0 Å². The van der Waals surface area contributed by atoms with Crippen molar-refractivity contribution in [1.82, 2.24) is 9.03 Å². The number of likely N-dealkylation sites (N-methyl/N-ethyl adjacent to an activating group) is 1. The maximum atomic E-state index is 11.3. The summed E-state index contributed by atoms with van der Waals surface area (Å²) in [7, 11) is -0.493. The van der Waals surface area contributed by atoms with E-state index in [4.69, 9.17) is 5.73 Å². The lowest BCUT2D eigenvalue weighted by atomic mass is 10.1. The fourth-order valence-electron chi connectivity index (χ4n) is 0.591. The molecule has 0 saturated heterocycles. The van der Waals surface area contributed by atoms with Crippen LogP contribution >= 0.6 is 0 Å². The summed E-state index contributed by atoms with van der Waals surface area (Å²) in [6.07, 6.45) is 0. The summed E-state index contributed by atoms with van der Waals surface area (Å²) in [5.74, 6) is 0. The van der Waals surface area contributed by atoms with Crippen LogP contribution in [0.5, 0.6) is 0 Å². The largest absolute Gasteiger partial charge is 0.329 e. The SMILES string of the molecule is CNS(=O)(=O)N(C)C(C)(C)CN. The molecule has 74 valence electrons. The molecule has 0 saturated carbocycles. The van der Waals surface area contributed by atoms with Crippen molar-refractivity contribution in [2.75, 3.05) is 20.6 Å². The van der Waals surface area contributed by atoms with Crippen LogP contribution in [0.2, 0.25) is 0 Å². The first-order valence-corrected chi connectivity index (χ1v) is 5.09. The maximum absolute atomic E-state index is 11.3. The van der Waals surface area contributed by atoms with Crippen LogP contribution in [0.25, 0.3) is 0 Å². The highest BCUT2D eigenvalue weighted by molar-refractivity contribution is 7.87. The third-order valence-electron chi connectivity index (χ3n) is 1.97. The average Bonchev–Trinajstić information content (AvgIpc) is 2.03. The summed E-state index contributed by atoms with van der Waals surface area (Å²) in [4.78, 5) is 0. The lowest BCUT2D eigenvalue weighted by Gasteiger charge is -2.32. The molecule has 0 aliphatic carbocycles. The minimum absolute atomic E-state index is 0.282. The van der Waals surface area contributed by atoms with Gasteiger partial charge in [0, 0.05) is 26.2 Å². The normalized spacial score (nSPS) is 13.8. The number of hydrogen-bond acceptors (Lipinski definition) is 3. The van der Waals surface area contributed by atoms with E-state index in [9.17, 15) is 8.42 Å². The third kappa shape index (κ3) is 2.41. The van der Waals surface area contributed by atoms with E-state index in [-0.39, 0.29) is 6.54 Å². The highest BCUT2D eigenvalue weighted by atomic mass is 32.2. The molecule has 3 N–H and O–H groups in total. The monoisotopic (exact) mass is 195 g/mol. The molecule has 0 rings (SSSR count). The van der Waals surface area contributed by atoms with Crippen molar-refractivity contribution in [3.8, 4) is 0 Å². The first kappa shape index (κ1) is 11.8. The second-order valence-electron chi connectivity index (χ2n) is 3.19. The Bertz CT molecular complexity index is 235. The summed E-state index contributed by atoms with van der Waals surface area (Å²) in [5, 5.41) is 0. The van der Waals surface area contributed by atoms with Gasteiger partial charge >= 0.3 is 0 Å². The van der Waals surface area contributed by atoms with E-state index in [2.05, 4.69) is 4.72 Å². The first-order valence-electron chi connectivity index (χ1n) is 3.65. The van der Waals surface area contributed by atoms with Gasteiger partial charge in [-0.15, -0.1) is 0 Å². The van der Waals surface area contributed by atoms with Crippen molar-refractivity contribution in [3.63, 3.8) is 0 Å². The standard InChI is InChI=1S/C6H17N3O2S/c1-6(2,5-7)9(4)12(10,11)8-3/h8H,5,7H2,1-4H3. The Labute approximate surface area is 74.1 Å². The number of rotatable bonds is 4. The fraction of sp³-hybridized carbons (Fsp3) is 1.00. The number of nitrogens with two attached hydrogens (primary N) is 1. The van der Waals surface area contributed by atoms with Crippen molar-refractivity contribution in [2.24, 2.45) is 5.73 Å². The highest BCUT2D eigenvalue weighted by Gasteiger charge is 2.30. The molecule has 0 aliphatic rings. The second kappa shape index (κ2) is 3.69. The smallest absolute Gasteiger partial charge is 0.279 e.